The van der Waals surface area contributed by atoms with Gasteiger partial charge >= 0.3 is 0 Å². The molecule has 88 valence electrons. The molecule has 0 spiro atoms. The molecule has 0 saturated carbocycles. The van der Waals surface area contributed by atoms with Crippen LogP contribution < -0.4 is 4.74 Å². The average Bonchev–Trinajstić information content (AvgIpc) is 2.35. The summed E-state index contributed by atoms with van der Waals surface area (Å²) in [7, 11) is 1.65. The second kappa shape index (κ2) is 4.67. The number of rotatable bonds is 2. The van der Waals surface area contributed by atoms with Crippen molar-refractivity contribution in [3.05, 3.63) is 40.2 Å². The van der Waals surface area contributed by atoms with Gasteiger partial charge in [-0.1, -0.05) is 24.4 Å². The molecule has 1 heterocycles. The number of aryl methyl sites for hydroxylation is 1. The summed E-state index contributed by atoms with van der Waals surface area (Å²) in [4.78, 5) is 7.63. The Morgan fingerprint density at radius 3 is 2.71 bits per heavy atom. The predicted molar refractivity (Wildman–Crippen MR) is 70.9 cm³/mol. The van der Waals surface area contributed by atoms with E-state index in [1.165, 1.54) is 0 Å². The fourth-order valence-electron chi connectivity index (χ4n) is 1.55. The molecule has 0 aliphatic heterocycles. The Bertz CT molecular complexity index is 605. The Hall–Kier alpha value is -1.68. The number of methoxy groups -OCH3 is 1. The Balaban J connectivity index is 2.56. The van der Waals surface area contributed by atoms with E-state index in [1.54, 1.807) is 7.11 Å². The highest BCUT2D eigenvalue weighted by Gasteiger charge is 2.04. The molecule has 4 heteroatoms. The zero-order valence-corrected chi connectivity index (χ0v) is 10.9. The van der Waals surface area contributed by atoms with E-state index in [2.05, 4.69) is 9.97 Å². The highest BCUT2D eigenvalue weighted by molar-refractivity contribution is 7.71. The minimum absolute atomic E-state index is 0.638. The Kier molecular flexibility index (Phi) is 3.24. The lowest BCUT2D eigenvalue weighted by Gasteiger charge is -2.07. The number of hydrogen-bond donors (Lipinski definition) is 1. The van der Waals surface area contributed by atoms with Gasteiger partial charge in [0, 0.05) is 16.8 Å². The van der Waals surface area contributed by atoms with Crippen LogP contribution >= 0.6 is 12.2 Å². The van der Waals surface area contributed by atoms with Crippen LogP contribution in [0.3, 0.4) is 0 Å². The van der Waals surface area contributed by atoms with E-state index in [-0.39, 0.29) is 0 Å². The molecule has 0 atom stereocenters. The van der Waals surface area contributed by atoms with Crippen LogP contribution in [0.4, 0.5) is 0 Å². The predicted octanol–water partition coefficient (Wildman–Crippen LogP) is 3.43. The van der Waals surface area contributed by atoms with E-state index in [9.17, 15) is 0 Å². The van der Waals surface area contributed by atoms with Gasteiger partial charge in [-0.25, -0.2) is 4.98 Å². The quantitative estimate of drug-likeness (QED) is 0.825. The van der Waals surface area contributed by atoms with Gasteiger partial charge in [0.1, 0.15) is 16.2 Å². The molecule has 0 aliphatic carbocycles. The summed E-state index contributed by atoms with van der Waals surface area (Å²) >= 11 is 5.23. The molecule has 2 rings (SSSR count). The number of aromatic amines is 1. The van der Waals surface area contributed by atoms with E-state index in [0.717, 1.165) is 28.4 Å². The fourth-order valence-corrected chi connectivity index (χ4v) is 1.80. The normalized spacial score (nSPS) is 10.3. The van der Waals surface area contributed by atoms with Gasteiger partial charge in [0.2, 0.25) is 0 Å². The zero-order valence-electron chi connectivity index (χ0n) is 10.1. The number of H-pyrrole nitrogens is 1. The van der Waals surface area contributed by atoms with Gasteiger partial charge in [-0.3, -0.25) is 0 Å². The minimum atomic E-state index is 0.638. The number of nitrogens with zero attached hydrogens (tertiary/aromatic N) is 1. The van der Waals surface area contributed by atoms with Crippen molar-refractivity contribution in [3.63, 3.8) is 0 Å². The van der Waals surface area contributed by atoms with Crippen molar-refractivity contribution >= 4 is 12.2 Å². The van der Waals surface area contributed by atoms with Crippen LogP contribution in [0.5, 0.6) is 5.75 Å². The second-order valence-corrected chi connectivity index (χ2v) is 4.26. The third-order valence-corrected chi connectivity index (χ3v) is 3.14. The smallest absolute Gasteiger partial charge is 0.139 e. The first-order valence-electron chi connectivity index (χ1n) is 5.34. The molecule has 2 aromatic rings. The van der Waals surface area contributed by atoms with E-state index in [4.69, 9.17) is 17.0 Å². The maximum Gasteiger partial charge on any atom is 0.139 e. The first-order chi connectivity index (χ1) is 8.11. The topological polar surface area (TPSA) is 37.9 Å². The molecule has 1 aromatic heterocycles. The summed E-state index contributed by atoms with van der Waals surface area (Å²) < 4.78 is 5.83. The summed E-state index contributed by atoms with van der Waals surface area (Å²) in [5.74, 6) is 1.58. The summed E-state index contributed by atoms with van der Waals surface area (Å²) in [6, 6.07) is 7.74. The molecule has 0 unspecified atom stereocenters. The monoisotopic (exact) mass is 246 g/mol. The largest absolute Gasteiger partial charge is 0.497 e. The molecule has 0 bridgehead atoms. The van der Waals surface area contributed by atoms with Crippen LogP contribution in [0, 0.1) is 18.5 Å². The number of hydrogen-bond acceptors (Lipinski definition) is 3. The molecule has 17 heavy (non-hydrogen) atoms. The lowest BCUT2D eigenvalue weighted by Crippen LogP contribution is -1.96. The summed E-state index contributed by atoms with van der Waals surface area (Å²) in [5.41, 5.74) is 3.04. The van der Waals surface area contributed by atoms with E-state index in [1.807, 2.05) is 38.1 Å². The van der Waals surface area contributed by atoms with Crippen molar-refractivity contribution in [3.8, 4) is 17.1 Å². The van der Waals surface area contributed by atoms with Crippen LogP contribution in [0.1, 0.15) is 11.3 Å². The second-order valence-electron chi connectivity index (χ2n) is 3.87. The van der Waals surface area contributed by atoms with Gasteiger partial charge in [0.15, 0.2) is 0 Å². The molecule has 1 N–H and O–H groups in total. The maximum absolute atomic E-state index is 5.23. The van der Waals surface area contributed by atoms with Crippen LogP contribution in [0.15, 0.2) is 24.3 Å². The van der Waals surface area contributed by atoms with Crippen LogP contribution in [0.25, 0.3) is 11.4 Å². The average molecular weight is 246 g/mol. The van der Waals surface area contributed by atoms with Gasteiger partial charge in [-0.2, -0.15) is 0 Å². The summed E-state index contributed by atoms with van der Waals surface area (Å²) in [6.07, 6.45) is 0. The lowest BCUT2D eigenvalue weighted by molar-refractivity contribution is 0.415. The molecular formula is C13H14N2OS. The Labute approximate surface area is 105 Å². The summed E-state index contributed by atoms with van der Waals surface area (Å²) in [5, 5.41) is 0. The minimum Gasteiger partial charge on any atom is -0.497 e. The zero-order chi connectivity index (χ0) is 12.4. The van der Waals surface area contributed by atoms with Gasteiger partial charge < -0.3 is 9.72 Å². The third kappa shape index (κ3) is 2.36. The highest BCUT2D eigenvalue weighted by Crippen LogP contribution is 2.21. The molecule has 0 aliphatic rings. The number of ether oxygens (including phenoxy) is 1. The molecule has 0 radical (unpaired) electrons. The van der Waals surface area contributed by atoms with E-state index in [0.29, 0.717) is 4.64 Å². The van der Waals surface area contributed by atoms with E-state index >= 15 is 0 Å². The maximum atomic E-state index is 5.23. The van der Waals surface area contributed by atoms with Crippen LogP contribution in [-0.2, 0) is 0 Å². The number of aromatic nitrogens is 2. The van der Waals surface area contributed by atoms with Crippen molar-refractivity contribution in [2.45, 2.75) is 13.8 Å². The van der Waals surface area contributed by atoms with Crippen LogP contribution in [-0.4, -0.2) is 17.1 Å². The highest BCUT2D eigenvalue weighted by atomic mass is 32.1. The summed E-state index contributed by atoms with van der Waals surface area (Å²) in [6.45, 7) is 3.97. The van der Waals surface area contributed by atoms with Crippen molar-refractivity contribution in [2.24, 2.45) is 0 Å². The number of benzene rings is 1. The SMILES string of the molecule is COc1cccc(-c2nc(=S)c(C)c(C)[nH]2)c1. The van der Waals surface area contributed by atoms with Gasteiger partial charge in [-0.05, 0) is 26.0 Å². The van der Waals surface area contributed by atoms with Crippen molar-refractivity contribution in [1.82, 2.24) is 9.97 Å². The van der Waals surface area contributed by atoms with Crippen LogP contribution in [0.2, 0.25) is 0 Å². The third-order valence-electron chi connectivity index (χ3n) is 2.75. The fraction of sp³-hybridized carbons (Fsp3) is 0.231. The van der Waals surface area contributed by atoms with Crippen molar-refractivity contribution < 1.29 is 4.74 Å². The Morgan fingerprint density at radius 2 is 2.06 bits per heavy atom. The van der Waals surface area contributed by atoms with Gasteiger partial charge in [0.05, 0.1) is 7.11 Å². The number of nitrogens with one attached hydrogen (secondary N) is 1. The standard InChI is InChI=1S/C13H14N2OS/c1-8-9(2)14-12(15-13(8)17)10-5-4-6-11(7-10)16-3/h4-7H,1-3H3,(H,14,15,17). The first-order valence-corrected chi connectivity index (χ1v) is 5.74. The van der Waals surface area contributed by atoms with Gasteiger partial charge in [0.25, 0.3) is 0 Å². The molecule has 0 amide bonds. The Morgan fingerprint density at radius 1 is 1.29 bits per heavy atom. The molecule has 3 nitrogen and oxygen atoms in total. The van der Waals surface area contributed by atoms with Crippen molar-refractivity contribution in [1.29, 1.82) is 0 Å². The van der Waals surface area contributed by atoms with Crippen molar-refractivity contribution in [2.75, 3.05) is 7.11 Å². The molecule has 0 fully saturated rings. The van der Waals surface area contributed by atoms with Gasteiger partial charge in [-0.15, -0.1) is 0 Å². The molecule has 0 saturated heterocycles. The molecule has 1 aromatic carbocycles. The lowest BCUT2D eigenvalue weighted by atomic mass is 10.2. The molecular weight excluding hydrogens is 232 g/mol. The van der Waals surface area contributed by atoms with E-state index < -0.39 is 0 Å². The first kappa shape index (κ1) is 11.8.